The molecule has 0 radical (unpaired) electrons. The van der Waals surface area contributed by atoms with Crippen LogP contribution in [0, 0.1) is 0 Å². The molecule has 3 saturated heterocycles. The Morgan fingerprint density at radius 3 is 2.45 bits per heavy atom. The highest BCUT2D eigenvalue weighted by atomic mass is 35.5. The van der Waals surface area contributed by atoms with Crippen LogP contribution in [0.2, 0.25) is 4.34 Å². The second-order valence-corrected chi connectivity index (χ2v) is 9.89. The standard InChI is InChI=1S/C22H23ClN4O3S/c23-19-8-7-18(31-19)20(28)24-16-9-12-26-17(16)13-27(22(26)30)15-5-3-14(4-6-15)21(29)25-10-1-2-11-25/h3-8,16-17H,1-2,9-13H2,(H,24,28)/t16-,17-/m1/s1. The van der Waals surface area contributed by atoms with Crippen LogP contribution >= 0.6 is 22.9 Å². The van der Waals surface area contributed by atoms with Crippen molar-refractivity contribution in [3.8, 4) is 0 Å². The molecule has 1 aromatic carbocycles. The van der Waals surface area contributed by atoms with Crippen molar-refractivity contribution in [2.75, 3.05) is 31.1 Å². The SMILES string of the molecule is O=C(N[C@@H]1CCN2C(=O)N(c3ccc(C(=O)N4CCCC4)cc3)C[C@H]12)c1ccc(Cl)s1. The Morgan fingerprint density at radius 1 is 1.03 bits per heavy atom. The van der Waals surface area contributed by atoms with Crippen LogP contribution in [-0.4, -0.2) is 65.9 Å². The first-order chi connectivity index (χ1) is 15.0. The van der Waals surface area contributed by atoms with Gasteiger partial charge in [0.05, 0.1) is 27.8 Å². The van der Waals surface area contributed by atoms with Gasteiger partial charge < -0.3 is 15.1 Å². The van der Waals surface area contributed by atoms with Crippen LogP contribution in [0.25, 0.3) is 0 Å². The van der Waals surface area contributed by atoms with Gasteiger partial charge in [-0.2, -0.15) is 0 Å². The number of carbonyl (C=O) groups is 3. The van der Waals surface area contributed by atoms with Crippen LogP contribution in [0.1, 0.15) is 39.3 Å². The molecule has 0 spiro atoms. The van der Waals surface area contributed by atoms with E-state index >= 15 is 0 Å². The predicted molar refractivity (Wildman–Crippen MR) is 120 cm³/mol. The van der Waals surface area contributed by atoms with Crippen molar-refractivity contribution in [3.63, 3.8) is 0 Å². The number of likely N-dealkylation sites (tertiary alicyclic amines) is 1. The number of urea groups is 1. The van der Waals surface area contributed by atoms with Crippen LogP contribution in [0.15, 0.2) is 36.4 Å². The summed E-state index contributed by atoms with van der Waals surface area (Å²) in [5.41, 5.74) is 1.42. The van der Waals surface area contributed by atoms with Crippen LogP contribution < -0.4 is 10.2 Å². The Balaban J connectivity index is 1.26. The third-order valence-electron chi connectivity index (χ3n) is 6.32. The van der Waals surface area contributed by atoms with Crippen LogP contribution in [0.4, 0.5) is 10.5 Å². The summed E-state index contributed by atoms with van der Waals surface area (Å²) in [5, 5.41) is 3.07. The zero-order valence-corrected chi connectivity index (χ0v) is 18.5. The van der Waals surface area contributed by atoms with E-state index in [1.807, 2.05) is 21.9 Å². The number of thiophene rings is 1. The Bertz CT molecular complexity index is 1020. The van der Waals surface area contributed by atoms with Gasteiger partial charge in [-0.15, -0.1) is 11.3 Å². The van der Waals surface area contributed by atoms with E-state index < -0.39 is 0 Å². The van der Waals surface area contributed by atoms with Crippen LogP contribution in [0.3, 0.4) is 0 Å². The summed E-state index contributed by atoms with van der Waals surface area (Å²) in [7, 11) is 0. The lowest BCUT2D eigenvalue weighted by Gasteiger charge is -2.20. The van der Waals surface area contributed by atoms with Gasteiger partial charge in [0.15, 0.2) is 0 Å². The molecule has 9 heteroatoms. The Morgan fingerprint density at radius 2 is 1.77 bits per heavy atom. The van der Waals surface area contributed by atoms with E-state index in [9.17, 15) is 14.4 Å². The Kier molecular flexibility index (Phi) is 5.35. The van der Waals surface area contributed by atoms with Crippen molar-refractivity contribution >= 4 is 46.5 Å². The average molecular weight is 459 g/mol. The molecular formula is C22H23ClN4O3S. The summed E-state index contributed by atoms with van der Waals surface area (Å²) in [6.07, 6.45) is 2.85. The van der Waals surface area contributed by atoms with E-state index in [0.717, 1.165) is 38.0 Å². The van der Waals surface area contributed by atoms with E-state index in [-0.39, 0.29) is 29.9 Å². The number of nitrogens with one attached hydrogen (secondary N) is 1. The fraction of sp³-hybridized carbons (Fsp3) is 0.409. The lowest BCUT2D eigenvalue weighted by molar-refractivity contribution is 0.0792. The van der Waals surface area contributed by atoms with Gasteiger partial charge in [0.2, 0.25) is 0 Å². The molecule has 2 atom stereocenters. The van der Waals surface area contributed by atoms with Gasteiger partial charge in [-0.05, 0) is 55.7 Å². The maximum Gasteiger partial charge on any atom is 0.324 e. The molecule has 0 saturated carbocycles. The normalized spacial score (nSPS) is 22.9. The quantitative estimate of drug-likeness (QED) is 0.762. The van der Waals surface area contributed by atoms with Crippen LogP contribution in [-0.2, 0) is 0 Å². The van der Waals surface area contributed by atoms with E-state index in [1.54, 1.807) is 29.2 Å². The minimum Gasteiger partial charge on any atom is -0.346 e. The highest BCUT2D eigenvalue weighted by Gasteiger charge is 2.46. The molecule has 1 N–H and O–H groups in total. The van der Waals surface area contributed by atoms with Gasteiger partial charge in [-0.3, -0.25) is 14.5 Å². The van der Waals surface area contributed by atoms with Gasteiger partial charge in [0, 0.05) is 30.9 Å². The molecule has 0 aliphatic carbocycles. The molecule has 3 aliphatic rings. The second kappa shape index (κ2) is 8.16. The Hall–Kier alpha value is -2.58. The predicted octanol–water partition coefficient (Wildman–Crippen LogP) is 3.45. The van der Waals surface area contributed by atoms with Gasteiger partial charge >= 0.3 is 6.03 Å². The number of rotatable bonds is 4. The second-order valence-electron chi connectivity index (χ2n) is 8.17. The van der Waals surface area contributed by atoms with Gasteiger partial charge in [-0.1, -0.05) is 11.6 Å². The number of fused-ring (bicyclic) bond motifs is 1. The summed E-state index contributed by atoms with van der Waals surface area (Å²) in [6.45, 7) is 2.75. The van der Waals surface area contributed by atoms with E-state index in [4.69, 9.17) is 11.6 Å². The molecule has 7 nitrogen and oxygen atoms in total. The molecule has 0 unspecified atom stereocenters. The number of benzene rings is 1. The fourth-order valence-corrected chi connectivity index (χ4v) is 5.63. The van der Waals surface area contributed by atoms with Crippen molar-refractivity contribution in [2.45, 2.75) is 31.3 Å². The van der Waals surface area contributed by atoms with Gasteiger partial charge in [0.1, 0.15) is 0 Å². The average Bonchev–Trinajstić information content (AvgIpc) is 3.55. The van der Waals surface area contributed by atoms with Crippen molar-refractivity contribution in [2.24, 2.45) is 0 Å². The van der Waals surface area contributed by atoms with Gasteiger partial charge in [-0.25, -0.2) is 4.79 Å². The molecule has 31 heavy (non-hydrogen) atoms. The summed E-state index contributed by atoms with van der Waals surface area (Å²) in [5.74, 6) is -0.103. The molecule has 4 amide bonds. The lowest BCUT2D eigenvalue weighted by atomic mass is 10.1. The third-order valence-corrected chi connectivity index (χ3v) is 7.55. The van der Waals surface area contributed by atoms with Crippen molar-refractivity contribution < 1.29 is 14.4 Å². The minimum absolute atomic E-state index is 0.0499. The highest BCUT2D eigenvalue weighted by Crippen LogP contribution is 2.31. The summed E-state index contributed by atoms with van der Waals surface area (Å²) < 4.78 is 0.576. The third kappa shape index (κ3) is 3.78. The molecule has 2 aromatic rings. The van der Waals surface area contributed by atoms with Crippen molar-refractivity contribution in [3.05, 3.63) is 51.2 Å². The number of hydrogen-bond donors (Lipinski definition) is 1. The van der Waals surface area contributed by atoms with Crippen LogP contribution in [0.5, 0.6) is 0 Å². The number of halogens is 1. The summed E-state index contributed by atoms with van der Waals surface area (Å²) in [6, 6.07) is 10.5. The summed E-state index contributed by atoms with van der Waals surface area (Å²) >= 11 is 7.19. The van der Waals surface area contributed by atoms with E-state index in [1.165, 1.54) is 11.3 Å². The Labute approximate surface area is 189 Å². The molecule has 3 fully saturated rings. The first-order valence-electron chi connectivity index (χ1n) is 10.5. The zero-order valence-electron chi connectivity index (χ0n) is 16.9. The largest absolute Gasteiger partial charge is 0.346 e. The zero-order chi connectivity index (χ0) is 21.5. The van der Waals surface area contributed by atoms with Gasteiger partial charge in [0.25, 0.3) is 11.8 Å². The molecule has 4 heterocycles. The number of amides is 4. The lowest BCUT2D eigenvalue weighted by Crippen LogP contribution is -2.44. The molecule has 1 aromatic heterocycles. The van der Waals surface area contributed by atoms with E-state index in [0.29, 0.717) is 27.9 Å². The van der Waals surface area contributed by atoms with E-state index in [2.05, 4.69) is 5.32 Å². The molecule has 3 aliphatic heterocycles. The monoisotopic (exact) mass is 458 g/mol. The molecule has 162 valence electrons. The first-order valence-corrected chi connectivity index (χ1v) is 11.7. The number of nitrogens with zero attached hydrogens (tertiary/aromatic N) is 3. The number of carbonyl (C=O) groups excluding carboxylic acids is 3. The first kappa shape index (κ1) is 20.3. The number of anilines is 1. The topological polar surface area (TPSA) is 73.0 Å². The highest BCUT2D eigenvalue weighted by molar-refractivity contribution is 7.18. The van der Waals surface area contributed by atoms with Crippen molar-refractivity contribution in [1.82, 2.24) is 15.1 Å². The molecule has 5 rings (SSSR count). The minimum atomic E-state index is -0.153. The molecular weight excluding hydrogens is 436 g/mol. The van der Waals surface area contributed by atoms with Crippen molar-refractivity contribution in [1.29, 1.82) is 0 Å². The number of hydrogen-bond acceptors (Lipinski definition) is 4. The maximum atomic E-state index is 13.0. The smallest absolute Gasteiger partial charge is 0.324 e. The molecule has 0 bridgehead atoms. The maximum absolute atomic E-state index is 13.0. The fourth-order valence-electron chi connectivity index (χ4n) is 4.68. The summed E-state index contributed by atoms with van der Waals surface area (Å²) in [4.78, 5) is 44.1.